The average molecular weight is 266 g/mol. The molecule has 0 aromatic rings. The van der Waals surface area contributed by atoms with Crippen LogP contribution in [0.25, 0.3) is 0 Å². The number of hydrogen-bond donors (Lipinski definition) is 0. The Balaban J connectivity index is 5.43. The summed E-state index contributed by atoms with van der Waals surface area (Å²) in [6.07, 6.45) is 4.03. The van der Waals surface area contributed by atoms with Gasteiger partial charge in [0, 0.05) is 0 Å². The molecule has 0 saturated carbocycles. The highest BCUT2D eigenvalue weighted by atomic mass is 14.2. The van der Waals surface area contributed by atoms with Crippen molar-refractivity contribution in [2.24, 2.45) is 17.8 Å². The van der Waals surface area contributed by atoms with Crippen molar-refractivity contribution in [2.45, 2.75) is 99.0 Å². The summed E-state index contributed by atoms with van der Waals surface area (Å²) >= 11 is 0. The molecule has 1 heteroatoms. The highest BCUT2D eigenvalue weighted by molar-refractivity contribution is 6.64. The molecule has 0 bridgehead atoms. The quantitative estimate of drug-likeness (QED) is 0.403. The Bertz CT molecular complexity index is 182. The summed E-state index contributed by atoms with van der Waals surface area (Å²) in [5, 5.41) is 0. The Labute approximate surface area is 124 Å². The second-order valence-electron chi connectivity index (χ2n) is 7.53. The minimum atomic E-state index is 0.815. The van der Waals surface area contributed by atoms with E-state index in [1.54, 1.807) is 0 Å². The molecule has 0 saturated heterocycles. The van der Waals surface area contributed by atoms with Crippen molar-refractivity contribution in [1.82, 2.24) is 0 Å². The van der Waals surface area contributed by atoms with Gasteiger partial charge in [-0.25, -0.2) is 0 Å². The minimum Gasteiger partial charge on any atom is -0.0658 e. The van der Waals surface area contributed by atoms with Gasteiger partial charge in [-0.05, 0) is 0 Å². The fourth-order valence-electron chi connectivity index (χ4n) is 4.52. The van der Waals surface area contributed by atoms with E-state index in [0.717, 1.165) is 41.9 Å². The molecule has 3 atom stereocenters. The molecular weight excluding hydrogens is 227 g/mol. The molecule has 0 aromatic carbocycles. The van der Waals surface area contributed by atoms with Gasteiger partial charge in [0.05, 0.1) is 0 Å². The van der Waals surface area contributed by atoms with E-state index in [9.17, 15) is 0 Å². The van der Waals surface area contributed by atoms with Gasteiger partial charge in [0.25, 0.3) is 0 Å². The first kappa shape index (κ1) is 19.1. The lowest BCUT2D eigenvalue weighted by Crippen LogP contribution is -2.38. The highest BCUT2D eigenvalue weighted by Gasteiger charge is 2.40. The SMILES string of the molecule is CCC(B(C(CC)C(C)C)C(CC)C(C)C)C(C)C. The van der Waals surface area contributed by atoms with E-state index in [4.69, 9.17) is 0 Å². The zero-order valence-corrected chi connectivity index (χ0v) is 15.2. The predicted octanol–water partition coefficient (Wildman–Crippen LogP) is 6.79. The lowest BCUT2D eigenvalue weighted by molar-refractivity contribution is 0.467. The molecule has 0 rings (SSSR count). The van der Waals surface area contributed by atoms with Crippen LogP contribution < -0.4 is 0 Å². The Morgan fingerprint density at radius 1 is 0.526 bits per heavy atom. The lowest BCUT2D eigenvalue weighted by Gasteiger charge is -2.41. The Morgan fingerprint density at radius 3 is 0.842 bits per heavy atom. The molecule has 0 amide bonds. The zero-order valence-electron chi connectivity index (χ0n) is 15.2. The van der Waals surface area contributed by atoms with Gasteiger partial charge in [-0.2, -0.15) is 0 Å². The molecule has 0 spiro atoms. The minimum absolute atomic E-state index is 0.815. The molecule has 0 aromatic heterocycles. The molecule has 19 heavy (non-hydrogen) atoms. The van der Waals surface area contributed by atoms with E-state index in [1.165, 1.54) is 19.3 Å². The van der Waals surface area contributed by atoms with Crippen molar-refractivity contribution in [3.8, 4) is 0 Å². The van der Waals surface area contributed by atoms with Crippen LogP contribution in [0, 0.1) is 17.8 Å². The first-order chi connectivity index (χ1) is 8.81. The van der Waals surface area contributed by atoms with Gasteiger partial charge in [-0.1, -0.05) is 117 Å². The summed E-state index contributed by atoms with van der Waals surface area (Å²) in [4.78, 5) is 0. The second kappa shape index (κ2) is 9.08. The van der Waals surface area contributed by atoms with Crippen LogP contribution >= 0.6 is 0 Å². The third-order valence-corrected chi connectivity index (χ3v) is 5.47. The average Bonchev–Trinajstić information content (AvgIpc) is 2.29. The van der Waals surface area contributed by atoms with E-state index >= 15 is 0 Å². The van der Waals surface area contributed by atoms with Gasteiger partial charge < -0.3 is 0 Å². The maximum absolute atomic E-state index is 2.43. The largest absolute Gasteiger partial charge is 0.150 e. The van der Waals surface area contributed by atoms with Gasteiger partial charge in [0.2, 0.25) is 0 Å². The summed E-state index contributed by atoms with van der Waals surface area (Å²) in [6.45, 7) is 22.7. The van der Waals surface area contributed by atoms with Crippen LogP contribution in [0.2, 0.25) is 17.5 Å². The number of hydrogen-bond acceptors (Lipinski definition) is 0. The van der Waals surface area contributed by atoms with Crippen molar-refractivity contribution < 1.29 is 0 Å². The molecule has 3 unspecified atom stereocenters. The van der Waals surface area contributed by atoms with E-state index in [1.807, 2.05) is 0 Å². The van der Waals surface area contributed by atoms with E-state index in [-0.39, 0.29) is 0 Å². The van der Waals surface area contributed by atoms with Crippen molar-refractivity contribution in [3.63, 3.8) is 0 Å². The van der Waals surface area contributed by atoms with Gasteiger partial charge in [-0.3, -0.25) is 0 Å². The van der Waals surface area contributed by atoms with E-state index in [2.05, 4.69) is 62.3 Å². The van der Waals surface area contributed by atoms with Crippen LogP contribution in [0.4, 0.5) is 0 Å². The Kier molecular flexibility index (Phi) is 9.12. The van der Waals surface area contributed by atoms with Crippen LogP contribution in [0.3, 0.4) is 0 Å². The van der Waals surface area contributed by atoms with Crippen LogP contribution in [-0.2, 0) is 0 Å². The van der Waals surface area contributed by atoms with Crippen molar-refractivity contribution in [1.29, 1.82) is 0 Å². The predicted molar refractivity (Wildman–Crippen MR) is 92.4 cm³/mol. The topological polar surface area (TPSA) is 0 Å². The van der Waals surface area contributed by atoms with Crippen LogP contribution in [0.1, 0.15) is 81.6 Å². The Hall–Kier alpha value is 0.0649. The lowest BCUT2D eigenvalue weighted by atomic mass is 9.23. The molecule has 0 aliphatic rings. The standard InChI is InChI=1S/C18H39B/c1-10-16(13(4)5)19(17(11-2)14(6)7)18(12-3)15(8)9/h13-18H,10-12H2,1-9H3. The smallest absolute Gasteiger partial charge is 0.0658 e. The first-order valence-electron chi connectivity index (χ1n) is 8.81. The second-order valence-corrected chi connectivity index (χ2v) is 7.53. The van der Waals surface area contributed by atoms with E-state index < -0.39 is 0 Å². The molecular formula is C18H39B. The fourth-order valence-corrected chi connectivity index (χ4v) is 4.52. The maximum Gasteiger partial charge on any atom is 0.150 e. The summed E-state index contributed by atoms with van der Waals surface area (Å²) in [5.74, 6) is 5.11. The molecule has 0 fully saturated rings. The van der Waals surface area contributed by atoms with E-state index in [0.29, 0.717) is 0 Å². The van der Waals surface area contributed by atoms with Crippen LogP contribution in [-0.4, -0.2) is 6.71 Å². The third kappa shape index (κ3) is 5.16. The maximum atomic E-state index is 2.43. The molecule has 0 nitrogen and oxygen atoms in total. The van der Waals surface area contributed by atoms with Crippen LogP contribution in [0.15, 0.2) is 0 Å². The molecule has 114 valence electrons. The normalized spacial score (nSPS) is 17.1. The van der Waals surface area contributed by atoms with Gasteiger partial charge >= 0.3 is 0 Å². The molecule has 0 radical (unpaired) electrons. The van der Waals surface area contributed by atoms with Gasteiger partial charge in [0.1, 0.15) is 6.71 Å². The summed E-state index contributed by atoms with van der Waals surface area (Å²) in [7, 11) is 0. The van der Waals surface area contributed by atoms with Gasteiger partial charge in [0.15, 0.2) is 0 Å². The molecule has 0 aliphatic carbocycles. The molecule has 0 N–H and O–H groups in total. The van der Waals surface area contributed by atoms with Crippen molar-refractivity contribution >= 4 is 6.71 Å². The van der Waals surface area contributed by atoms with Crippen LogP contribution in [0.5, 0.6) is 0 Å². The highest BCUT2D eigenvalue weighted by Crippen LogP contribution is 2.46. The summed E-state index contributed by atoms with van der Waals surface area (Å²) < 4.78 is 0. The first-order valence-corrected chi connectivity index (χ1v) is 8.81. The zero-order chi connectivity index (χ0) is 15.2. The summed E-state index contributed by atoms with van der Waals surface area (Å²) in [6, 6.07) is 0. The monoisotopic (exact) mass is 266 g/mol. The Morgan fingerprint density at radius 2 is 0.737 bits per heavy atom. The molecule has 0 aliphatic heterocycles. The molecule has 0 heterocycles. The van der Waals surface area contributed by atoms with Gasteiger partial charge in [-0.15, -0.1) is 0 Å². The number of rotatable bonds is 9. The third-order valence-electron chi connectivity index (χ3n) is 5.47. The fraction of sp³-hybridized carbons (Fsp3) is 1.00. The van der Waals surface area contributed by atoms with Crippen molar-refractivity contribution in [2.75, 3.05) is 0 Å². The summed E-state index contributed by atoms with van der Waals surface area (Å²) in [5.41, 5.74) is 0. The van der Waals surface area contributed by atoms with Crippen molar-refractivity contribution in [3.05, 3.63) is 0 Å².